The van der Waals surface area contributed by atoms with E-state index in [1.807, 2.05) is 11.4 Å². The molecule has 1 rings (SSSR count). The molecule has 0 heterocycles. The van der Waals surface area contributed by atoms with Crippen molar-refractivity contribution in [3.63, 3.8) is 0 Å². The van der Waals surface area contributed by atoms with E-state index in [-0.39, 0.29) is 12.2 Å². The molecule has 13 heteroatoms. The summed E-state index contributed by atoms with van der Waals surface area (Å²) in [5, 5.41) is 25.1. The first-order chi connectivity index (χ1) is 15.1. The van der Waals surface area contributed by atoms with Crippen molar-refractivity contribution >= 4 is 42.2 Å². The van der Waals surface area contributed by atoms with E-state index in [1.54, 1.807) is 24.3 Å². The number of rotatable bonds is 13. The molecule has 4 atom stereocenters. The maximum absolute atomic E-state index is 12.5. The fourth-order valence-electron chi connectivity index (χ4n) is 2.57. The first kappa shape index (κ1) is 26.9. The highest BCUT2D eigenvalue weighted by Crippen LogP contribution is 2.03. The number of thiol groups is 1. The molecule has 0 aliphatic carbocycles. The Hall–Kier alpha value is -3.16. The van der Waals surface area contributed by atoms with Crippen molar-refractivity contribution in [1.82, 2.24) is 16.0 Å². The molecule has 0 saturated heterocycles. The Bertz CT molecular complexity index is 824. The second-order valence-corrected chi connectivity index (χ2v) is 7.22. The van der Waals surface area contributed by atoms with Gasteiger partial charge in [0.2, 0.25) is 23.6 Å². The van der Waals surface area contributed by atoms with Crippen LogP contribution in [-0.2, 0) is 30.4 Å². The number of hydrogen-bond acceptors (Lipinski definition) is 8. The summed E-state index contributed by atoms with van der Waals surface area (Å²) in [5.74, 6) is -5.16. The number of amides is 4. The van der Waals surface area contributed by atoms with Gasteiger partial charge in [-0.15, -0.1) is 0 Å². The minimum absolute atomic E-state index is 0.144. The summed E-state index contributed by atoms with van der Waals surface area (Å²) in [4.78, 5) is 59.1. The van der Waals surface area contributed by atoms with Gasteiger partial charge in [-0.25, -0.2) is 4.79 Å². The van der Waals surface area contributed by atoms with E-state index in [9.17, 15) is 29.1 Å². The quantitative estimate of drug-likeness (QED) is 0.138. The van der Waals surface area contributed by atoms with Crippen molar-refractivity contribution in [3.8, 4) is 0 Å². The Labute approximate surface area is 189 Å². The van der Waals surface area contributed by atoms with Crippen molar-refractivity contribution in [2.75, 3.05) is 12.4 Å². The molecular weight excluding hydrogens is 442 g/mol. The highest BCUT2D eigenvalue weighted by molar-refractivity contribution is 7.80. The molecule has 4 unspecified atom stereocenters. The molecule has 0 aromatic heterocycles. The number of carbonyl (C=O) groups is 5. The molecule has 12 nitrogen and oxygen atoms in total. The Morgan fingerprint density at radius 1 is 0.906 bits per heavy atom. The van der Waals surface area contributed by atoms with Gasteiger partial charge in [-0.2, -0.15) is 12.6 Å². The highest BCUT2D eigenvalue weighted by atomic mass is 32.1. The molecule has 0 spiro atoms. The lowest BCUT2D eigenvalue weighted by atomic mass is 10.1. The topological polar surface area (TPSA) is 214 Å². The van der Waals surface area contributed by atoms with Crippen molar-refractivity contribution in [3.05, 3.63) is 35.9 Å². The third-order valence-corrected chi connectivity index (χ3v) is 4.65. The fourth-order valence-corrected chi connectivity index (χ4v) is 2.83. The van der Waals surface area contributed by atoms with Gasteiger partial charge >= 0.3 is 5.97 Å². The summed E-state index contributed by atoms with van der Waals surface area (Å²) >= 11 is 4.01. The number of aliphatic hydroxyl groups is 1. The third-order valence-electron chi connectivity index (χ3n) is 4.29. The van der Waals surface area contributed by atoms with Crippen LogP contribution in [0.1, 0.15) is 12.0 Å². The van der Waals surface area contributed by atoms with E-state index in [1.165, 1.54) is 0 Å². The number of aliphatic hydroxyl groups excluding tert-OH is 1. The van der Waals surface area contributed by atoms with Crippen LogP contribution in [0.4, 0.5) is 0 Å². The van der Waals surface area contributed by atoms with Crippen molar-refractivity contribution in [1.29, 1.82) is 0 Å². The molecule has 0 bridgehead atoms. The van der Waals surface area contributed by atoms with E-state index >= 15 is 0 Å². The normalized spacial score (nSPS) is 14.3. The minimum atomic E-state index is -1.64. The van der Waals surface area contributed by atoms with Crippen LogP contribution in [0.3, 0.4) is 0 Å². The average molecular weight is 470 g/mol. The zero-order valence-electron chi connectivity index (χ0n) is 17.1. The number of benzene rings is 1. The molecule has 0 saturated carbocycles. The number of carboxylic acid groups (broad SMARTS) is 1. The summed E-state index contributed by atoms with van der Waals surface area (Å²) in [5.41, 5.74) is 11.6. The van der Waals surface area contributed by atoms with Gasteiger partial charge in [-0.05, 0) is 12.0 Å². The van der Waals surface area contributed by atoms with Gasteiger partial charge in [0.05, 0.1) is 19.1 Å². The van der Waals surface area contributed by atoms with Crippen molar-refractivity contribution in [2.24, 2.45) is 11.5 Å². The number of carboxylic acids is 1. The molecule has 0 aliphatic heterocycles. The number of hydrogen-bond donors (Lipinski definition) is 8. The molecule has 1 aromatic carbocycles. The largest absolute Gasteiger partial charge is 0.480 e. The lowest BCUT2D eigenvalue weighted by Crippen LogP contribution is -2.58. The lowest BCUT2D eigenvalue weighted by molar-refractivity contribution is -0.144. The van der Waals surface area contributed by atoms with Gasteiger partial charge in [-0.3, -0.25) is 19.2 Å². The van der Waals surface area contributed by atoms with Crippen LogP contribution in [0.2, 0.25) is 0 Å². The predicted molar refractivity (Wildman–Crippen MR) is 116 cm³/mol. The zero-order chi connectivity index (χ0) is 24.3. The monoisotopic (exact) mass is 469 g/mol. The van der Waals surface area contributed by atoms with Crippen LogP contribution in [0, 0.1) is 0 Å². The molecule has 1 aromatic rings. The molecule has 9 N–H and O–H groups in total. The average Bonchev–Trinajstić information content (AvgIpc) is 2.74. The molecule has 0 aliphatic rings. The maximum atomic E-state index is 12.5. The summed E-state index contributed by atoms with van der Waals surface area (Å²) in [6.45, 7) is -0.874. The standard InChI is InChI=1S/C19H27N5O7S/c20-11(6-10-4-2-1-3-5-10)16(27)24-14(9-32)18(29)23-13(8-25)17(28)22-12(19(30)31)7-15(21)26/h1-5,11-14,25,32H,6-9,20H2,(H2,21,26)(H,22,28)(H,23,29)(H,24,27)(H,30,31). The Balaban J connectivity index is 2.71. The molecule has 4 amide bonds. The first-order valence-electron chi connectivity index (χ1n) is 9.52. The number of nitrogens with one attached hydrogen (secondary N) is 3. The number of aliphatic carboxylic acids is 1. The molecule has 0 radical (unpaired) electrons. The highest BCUT2D eigenvalue weighted by Gasteiger charge is 2.30. The summed E-state index contributed by atoms with van der Waals surface area (Å²) in [6, 6.07) is 3.68. The second kappa shape index (κ2) is 13.3. The summed E-state index contributed by atoms with van der Waals surface area (Å²) < 4.78 is 0. The van der Waals surface area contributed by atoms with E-state index in [0.717, 1.165) is 5.56 Å². The molecule has 0 fully saturated rings. The summed E-state index contributed by atoms with van der Waals surface area (Å²) in [7, 11) is 0. The van der Waals surface area contributed by atoms with Gasteiger partial charge < -0.3 is 37.6 Å². The number of carbonyl (C=O) groups excluding carboxylic acids is 4. The smallest absolute Gasteiger partial charge is 0.326 e. The Morgan fingerprint density at radius 2 is 1.44 bits per heavy atom. The van der Waals surface area contributed by atoms with Gasteiger partial charge in [-0.1, -0.05) is 30.3 Å². The first-order valence-corrected chi connectivity index (χ1v) is 10.2. The lowest BCUT2D eigenvalue weighted by Gasteiger charge is -2.23. The van der Waals surface area contributed by atoms with Gasteiger partial charge in [0, 0.05) is 5.75 Å². The van der Waals surface area contributed by atoms with Crippen molar-refractivity contribution in [2.45, 2.75) is 37.0 Å². The number of nitrogens with two attached hydrogens (primary N) is 2. The molecule has 176 valence electrons. The van der Waals surface area contributed by atoms with Crippen LogP contribution >= 0.6 is 12.6 Å². The van der Waals surface area contributed by atoms with Crippen molar-refractivity contribution < 1.29 is 34.2 Å². The predicted octanol–water partition coefficient (Wildman–Crippen LogP) is -3.11. The summed E-state index contributed by atoms with van der Waals surface area (Å²) in [6.07, 6.45) is -0.451. The van der Waals surface area contributed by atoms with Gasteiger partial charge in [0.25, 0.3) is 0 Å². The Kier molecular flexibility index (Phi) is 11.2. The SMILES string of the molecule is NC(=O)CC(NC(=O)C(CO)NC(=O)C(CS)NC(=O)C(N)Cc1ccccc1)C(=O)O. The molecule has 32 heavy (non-hydrogen) atoms. The van der Waals surface area contributed by atoms with Crippen LogP contribution < -0.4 is 27.4 Å². The van der Waals surface area contributed by atoms with Crippen LogP contribution in [-0.4, -0.2) is 76.3 Å². The molecular formula is C19H27N5O7S. The van der Waals surface area contributed by atoms with Gasteiger partial charge in [0.1, 0.15) is 18.1 Å². The maximum Gasteiger partial charge on any atom is 0.326 e. The number of primary amides is 1. The van der Waals surface area contributed by atoms with Gasteiger partial charge in [0.15, 0.2) is 0 Å². The fraction of sp³-hybridized carbons (Fsp3) is 0.421. The van der Waals surface area contributed by atoms with Crippen LogP contribution in [0.15, 0.2) is 30.3 Å². The second-order valence-electron chi connectivity index (χ2n) is 6.85. The third kappa shape index (κ3) is 8.91. The van der Waals surface area contributed by atoms with E-state index < -0.39 is 66.8 Å². The van der Waals surface area contributed by atoms with E-state index in [0.29, 0.717) is 0 Å². The Morgan fingerprint density at radius 3 is 1.94 bits per heavy atom. The van der Waals surface area contributed by atoms with E-state index in [4.69, 9.17) is 16.6 Å². The van der Waals surface area contributed by atoms with Crippen LogP contribution in [0.5, 0.6) is 0 Å². The van der Waals surface area contributed by atoms with Crippen LogP contribution in [0.25, 0.3) is 0 Å². The van der Waals surface area contributed by atoms with E-state index in [2.05, 4.69) is 23.3 Å². The minimum Gasteiger partial charge on any atom is -0.480 e. The zero-order valence-corrected chi connectivity index (χ0v) is 18.0.